The molecule has 0 bridgehead atoms. The van der Waals surface area contributed by atoms with E-state index in [1.165, 1.54) is 46.5 Å². The van der Waals surface area contributed by atoms with Gasteiger partial charge in [0, 0.05) is 49.4 Å². The third-order valence-electron chi connectivity index (χ3n) is 9.68. The van der Waals surface area contributed by atoms with Gasteiger partial charge < -0.3 is 14.4 Å². The molecule has 3 heterocycles. The molecule has 4 aromatic carbocycles. The number of nitriles is 1. The van der Waals surface area contributed by atoms with Crippen LogP contribution in [0.15, 0.2) is 102 Å². The molecule has 7 aromatic rings. The molecule has 6 heteroatoms. The minimum Gasteiger partial charge on any atom is -0.500 e. The van der Waals surface area contributed by atoms with Crippen LogP contribution in [0, 0.1) is 30.3 Å². The molecule has 263 valence electrons. The number of rotatable bonds is 5. The molecule has 0 atom stereocenters. The van der Waals surface area contributed by atoms with E-state index in [4.69, 9.17) is 15.2 Å². The Morgan fingerprint density at radius 1 is 0.846 bits per heavy atom. The molecule has 1 radical (unpaired) electrons. The van der Waals surface area contributed by atoms with Crippen molar-refractivity contribution in [3.63, 3.8) is 0 Å². The Kier molecular flexibility index (Phi) is 9.56. The van der Waals surface area contributed by atoms with Crippen LogP contribution in [0.2, 0.25) is 19.6 Å². The molecule has 0 saturated carbocycles. The van der Waals surface area contributed by atoms with Crippen LogP contribution in [-0.2, 0) is 32.9 Å². The molecule has 4 nitrogen and oxygen atoms in total. The molecule has 3 aromatic heterocycles. The minimum atomic E-state index is -2.33. The van der Waals surface area contributed by atoms with Crippen molar-refractivity contribution < 1.29 is 30.0 Å². The van der Waals surface area contributed by atoms with Gasteiger partial charge in [-0.05, 0) is 100 Å². The van der Waals surface area contributed by atoms with E-state index in [-0.39, 0.29) is 25.7 Å². The van der Waals surface area contributed by atoms with Gasteiger partial charge in [-0.3, -0.25) is 0 Å². The quantitative estimate of drug-likeness (QED) is 0.128. The van der Waals surface area contributed by atoms with E-state index in [0.717, 1.165) is 51.6 Å². The first-order chi connectivity index (χ1) is 26.1. The number of fused-ring (bicyclic) bond motifs is 4. The van der Waals surface area contributed by atoms with E-state index in [1.807, 2.05) is 30.5 Å². The second kappa shape index (κ2) is 15.5. The van der Waals surface area contributed by atoms with Crippen molar-refractivity contribution in [2.75, 3.05) is 0 Å². The Morgan fingerprint density at radius 3 is 2.37 bits per heavy atom. The predicted octanol–water partition coefficient (Wildman–Crippen LogP) is 11.4. The number of hydrogen-bond acceptors (Lipinski definition) is 4. The maximum absolute atomic E-state index is 8.74. The molecular formula is C46H43IrN3OSi-2. The van der Waals surface area contributed by atoms with Crippen molar-refractivity contribution in [1.82, 2.24) is 9.97 Å². The molecule has 0 N–H and O–H groups in total. The maximum Gasteiger partial charge on any atom is 0.121 e. The van der Waals surface area contributed by atoms with Gasteiger partial charge in [0.1, 0.15) is 5.58 Å². The van der Waals surface area contributed by atoms with Gasteiger partial charge in [0.15, 0.2) is 0 Å². The molecule has 1 aliphatic rings. The number of benzene rings is 4. The first-order valence-corrected chi connectivity index (χ1v) is 21.0. The number of furan rings is 1. The summed E-state index contributed by atoms with van der Waals surface area (Å²) in [5.74, 6) is -1.08. The zero-order chi connectivity index (χ0) is 39.1. The largest absolute Gasteiger partial charge is 0.500 e. The molecule has 0 aliphatic heterocycles. The smallest absolute Gasteiger partial charge is 0.121 e. The van der Waals surface area contributed by atoms with E-state index in [2.05, 4.69) is 90.3 Å². The molecule has 8 rings (SSSR count). The summed E-state index contributed by atoms with van der Waals surface area (Å²) in [4.78, 5) is 8.94. The van der Waals surface area contributed by atoms with E-state index in [0.29, 0.717) is 16.8 Å². The van der Waals surface area contributed by atoms with Crippen LogP contribution in [0.3, 0.4) is 0 Å². The van der Waals surface area contributed by atoms with Gasteiger partial charge in [0.05, 0.1) is 13.7 Å². The van der Waals surface area contributed by atoms with Gasteiger partial charge in [0.2, 0.25) is 0 Å². The molecular weight excluding hydrogens is 831 g/mol. The van der Waals surface area contributed by atoms with Crippen molar-refractivity contribution in [3.05, 3.63) is 137 Å². The Morgan fingerprint density at radius 2 is 1.65 bits per heavy atom. The van der Waals surface area contributed by atoms with Crippen LogP contribution in [0.5, 0.6) is 0 Å². The van der Waals surface area contributed by atoms with Crippen LogP contribution >= 0.6 is 0 Å². The van der Waals surface area contributed by atoms with Gasteiger partial charge in [-0.1, -0.05) is 87.4 Å². The van der Waals surface area contributed by atoms with Gasteiger partial charge in [-0.15, -0.1) is 53.6 Å². The number of hydrogen-bond donors (Lipinski definition) is 0. The summed E-state index contributed by atoms with van der Waals surface area (Å²) in [6.45, 7) is 7.97. The van der Waals surface area contributed by atoms with Crippen LogP contribution in [0.25, 0.3) is 55.6 Å². The summed E-state index contributed by atoms with van der Waals surface area (Å²) in [5, 5.41) is 12.1. The van der Waals surface area contributed by atoms with Crippen molar-refractivity contribution in [2.24, 2.45) is 0 Å². The summed E-state index contributed by atoms with van der Waals surface area (Å²) in [7, 11) is -1.29. The first kappa shape index (κ1) is 32.0. The van der Waals surface area contributed by atoms with Crippen molar-refractivity contribution in [1.29, 1.82) is 5.26 Å². The maximum atomic E-state index is 8.74. The Labute approximate surface area is 328 Å². The Hall–Kier alpha value is -4.66. The predicted molar refractivity (Wildman–Crippen MR) is 213 cm³/mol. The third-order valence-corrected chi connectivity index (χ3v) is 11.7. The van der Waals surface area contributed by atoms with E-state index < -0.39 is 20.8 Å². The average molecular weight is 878 g/mol. The van der Waals surface area contributed by atoms with E-state index in [1.54, 1.807) is 32.0 Å². The summed E-state index contributed by atoms with van der Waals surface area (Å²) in [5.41, 5.74) is 11.3. The van der Waals surface area contributed by atoms with E-state index in [9.17, 15) is 0 Å². The van der Waals surface area contributed by atoms with Crippen LogP contribution in [0.4, 0.5) is 0 Å². The average Bonchev–Trinajstić information content (AvgIpc) is 3.54. The Bertz CT molecular complexity index is 2560. The van der Waals surface area contributed by atoms with Crippen molar-refractivity contribution >= 4 is 35.2 Å². The number of aromatic nitrogens is 2. The van der Waals surface area contributed by atoms with Crippen LogP contribution in [0.1, 0.15) is 65.9 Å². The van der Waals surface area contributed by atoms with Gasteiger partial charge in [0.25, 0.3) is 0 Å². The standard InChI is InChI=1S/C31H28NO.C15H15N2Si.Ir/c1-19(2)27-17-29(32-18-20(27)3)23-12-14-30-28(15-23)26-13-11-22(16-31(26)33-30)25-10-6-8-21-7-4-5-9-24(21)25;1-18(2,3)14-8-9-15(17-11-14)13-6-4-12(10-16)5-7-13;/h6,8,10-11,13-19H,4-5,7,9H2,1-3H3;4-6,8-9,11H,1-3H3;/q2*-1;/i3D3,19D;;. The summed E-state index contributed by atoms with van der Waals surface area (Å²) in [6, 6.07) is 36.5. The Balaban J connectivity index is 0.000000236. The molecule has 0 saturated heterocycles. The van der Waals surface area contributed by atoms with Gasteiger partial charge in [-0.25, -0.2) is 5.26 Å². The number of nitrogens with zero attached hydrogens (tertiary/aromatic N) is 3. The van der Waals surface area contributed by atoms with Crippen LogP contribution < -0.4 is 5.19 Å². The van der Waals surface area contributed by atoms with Crippen LogP contribution in [-0.4, -0.2) is 18.0 Å². The zero-order valence-corrected chi connectivity index (χ0v) is 33.5. The summed E-state index contributed by atoms with van der Waals surface area (Å²) >= 11 is 0. The SMILES string of the molecule is C[Si](C)(C)c1ccc(-c2[c-]cc(C#N)cc2)nc1.[2H]C([2H])([2H])c1cnc(-c2[c-]cc3oc4cc(-c5cccc6c5CCCC6)ccc4c3c2)cc1C([2H])(C)C.[Ir]. The van der Waals surface area contributed by atoms with Gasteiger partial charge in [-0.2, -0.15) is 0 Å². The van der Waals surface area contributed by atoms with Gasteiger partial charge >= 0.3 is 0 Å². The fraction of sp³-hybridized carbons (Fsp3) is 0.239. The molecule has 0 unspecified atom stereocenters. The van der Waals surface area contributed by atoms with Crippen molar-refractivity contribution in [3.8, 4) is 39.7 Å². The fourth-order valence-corrected chi connectivity index (χ4v) is 7.79. The monoisotopic (exact) mass is 878 g/mol. The normalized spacial score (nSPS) is 14.1. The molecule has 0 fully saturated rings. The second-order valence-corrected chi connectivity index (χ2v) is 19.6. The summed E-state index contributed by atoms with van der Waals surface area (Å²) in [6.07, 6.45) is 8.10. The molecule has 1 aliphatic carbocycles. The third kappa shape index (κ3) is 7.74. The van der Waals surface area contributed by atoms with Crippen molar-refractivity contribution in [2.45, 2.75) is 71.9 Å². The molecule has 0 amide bonds. The molecule has 52 heavy (non-hydrogen) atoms. The fourth-order valence-electron chi connectivity index (χ4n) is 6.75. The zero-order valence-electron chi connectivity index (χ0n) is 34.1. The number of aryl methyl sites for hydroxylation is 2. The second-order valence-electron chi connectivity index (χ2n) is 14.5. The number of pyridine rings is 2. The summed E-state index contributed by atoms with van der Waals surface area (Å²) < 4.78 is 38.3. The van der Waals surface area contributed by atoms with E-state index >= 15 is 0 Å². The molecule has 0 spiro atoms. The topological polar surface area (TPSA) is 62.7 Å². The minimum absolute atomic E-state index is 0. The first-order valence-electron chi connectivity index (χ1n) is 19.5.